The zero-order valence-electron chi connectivity index (χ0n) is 10.7. The number of carbonyl (C=O) groups is 1. The van der Waals surface area contributed by atoms with Gasteiger partial charge in [-0.1, -0.05) is 20.8 Å². The summed E-state index contributed by atoms with van der Waals surface area (Å²) in [6, 6.07) is 0. The van der Waals surface area contributed by atoms with Gasteiger partial charge in [0.25, 0.3) is 0 Å². The quantitative estimate of drug-likeness (QED) is 0.798. The maximum absolute atomic E-state index is 12.2. The van der Waals surface area contributed by atoms with E-state index in [2.05, 4.69) is 0 Å². The first-order valence-electron chi connectivity index (χ1n) is 5.23. The summed E-state index contributed by atoms with van der Waals surface area (Å²) in [6.45, 7) is 8.96. The second kappa shape index (κ2) is 4.97. The van der Waals surface area contributed by atoms with Crippen molar-refractivity contribution in [2.75, 3.05) is 0 Å². The van der Waals surface area contributed by atoms with Gasteiger partial charge in [0.15, 0.2) is 14.4 Å². The highest BCUT2D eigenvalue weighted by Gasteiger charge is 2.44. The summed E-state index contributed by atoms with van der Waals surface area (Å²) in [5.74, 6) is -1.56. The maximum atomic E-state index is 12.2. The minimum atomic E-state index is -4.54. The molecule has 7 heteroatoms. The summed E-state index contributed by atoms with van der Waals surface area (Å²) < 4.78 is 41.9. The topological polar surface area (TPSA) is 46.5 Å². The molecule has 0 aliphatic rings. The molecule has 0 aliphatic carbocycles. The molecule has 0 spiro atoms. The van der Waals surface area contributed by atoms with Gasteiger partial charge >= 0.3 is 12.1 Å². The van der Waals surface area contributed by atoms with Gasteiger partial charge in [0.05, 0.1) is 6.42 Å². The van der Waals surface area contributed by atoms with Crippen molar-refractivity contribution in [3.8, 4) is 0 Å². The molecule has 0 saturated heterocycles. The van der Waals surface area contributed by atoms with Crippen molar-refractivity contribution in [2.45, 2.75) is 57.6 Å². The Balaban J connectivity index is 4.85. The van der Waals surface area contributed by atoms with Crippen molar-refractivity contribution >= 4 is 14.3 Å². The first-order chi connectivity index (χ1) is 7.26. The summed E-state index contributed by atoms with van der Waals surface area (Å²) in [6.07, 6.45) is -7.80. The van der Waals surface area contributed by atoms with Crippen LogP contribution in [0.2, 0.25) is 18.1 Å². The minimum absolute atomic E-state index is 0.327. The van der Waals surface area contributed by atoms with Crippen LogP contribution in [-0.4, -0.2) is 31.7 Å². The fraction of sp³-hybridized carbons (Fsp3) is 0.900. The molecular weight excluding hydrogens is 253 g/mol. The molecule has 0 saturated carbocycles. The van der Waals surface area contributed by atoms with Gasteiger partial charge in [0.2, 0.25) is 0 Å². The molecule has 3 nitrogen and oxygen atoms in total. The Morgan fingerprint density at radius 2 is 1.71 bits per heavy atom. The van der Waals surface area contributed by atoms with Crippen LogP contribution in [0.15, 0.2) is 0 Å². The molecule has 0 amide bonds. The molecule has 1 atom stereocenters. The fourth-order valence-corrected chi connectivity index (χ4v) is 2.17. The molecule has 0 unspecified atom stereocenters. The highest BCUT2D eigenvalue weighted by Crippen LogP contribution is 2.38. The zero-order valence-corrected chi connectivity index (χ0v) is 11.7. The van der Waals surface area contributed by atoms with Crippen LogP contribution in [0.4, 0.5) is 13.2 Å². The Kier molecular flexibility index (Phi) is 4.81. The predicted octanol–water partition coefficient (Wildman–Crippen LogP) is 3.41. The average molecular weight is 272 g/mol. The lowest BCUT2D eigenvalue weighted by atomic mass is 10.2. The third-order valence-corrected chi connectivity index (χ3v) is 7.42. The van der Waals surface area contributed by atoms with Crippen molar-refractivity contribution in [3.63, 3.8) is 0 Å². The first-order valence-corrected chi connectivity index (χ1v) is 8.14. The van der Waals surface area contributed by atoms with Crippen molar-refractivity contribution in [3.05, 3.63) is 0 Å². The molecule has 17 heavy (non-hydrogen) atoms. The lowest BCUT2D eigenvalue weighted by Crippen LogP contribution is -2.47. The molecule has 0 heterocycles. The number of alkyl halides is 3. The molecule has 0 radical (unpaired) electrons. The number of hydrogen-bond donors (Lipinski definition) is 1. The maximum Gasteiger partial charge on any atom is 0.392 e. The molecule has 0 aromatic carbocycles. The predicted molar refractivity (Wildman–Crippen MR) is 60.4 cm³/mol. The van der Waals surface area contributed by atoms with E-state index in [9.17, 15) is 18.0 Å². The SMILES string of the molecule is CC(C)(C)[Si](C)(C)O[C@@H](CC(F)(F)F)C(=O)O. The Morgan fingerprint density at radius 3 is 1.94 bits per heavy atom. The number of hydrogen-bond acceptors (Lipinski definition) is 2. The van der Waals surface area contributed by atoms with Crippen LogP contribution in [0.5, 0.6) is 0 Å². The Morgan fingerprint density at radius 1 is 1.29 bits per heavy atom. The molecule has 0 rings (SSSR count). The number of carboxylic acids is 1. The standard InChI is InChI=1S/C10H19F3O3Si/c1-9(2,3)17(4,5)16-7(8(14)15)6-10(11,12)13/h7H,6H2,1-5H3,(H,14,15)/t7-/m0/s1. The summed E-state index contributed by atoms with van der Waals surface area (Å²) in [5.41, 5.74) is 0. The largest absolute Gasteiger partial charge is 0.479 e. The summed E-state index contributed by atoms with van der Waals surface area (Å²) in [5, 5.41) is 8.44. The second-order valence-electron chi connectivity index (χ2n) is 5.52. The fourth-order valence-electron chi connectivity index (χ4n) is 0.922. The van der Waals surface area contributed by atoms with Crippen LogP contribution in [0.25, 0.3) is 0 Å². The molecule has 0 bridgehead atoms. The van der Waals surface area contributed by atoms with Crippen molar-refractivity contribution in [1.29, 1.82) is 0 Å². The van der Waals surface area contributed by atoms with E-state index in [1.54, 1.807) is 13.1 Å². The highest BCUT2D eigenvalue weighted by molar-refractivity contribution is 6.74. The van der Waals surface area contributed by atoms with Gasteiger partial charge in [-0.25, -0.2) is 4.79 Å². The Bertz CT molecular complexity index is 282. The lowest BCUT2D eigenvalue weighted by molar-refractivity contribution is -0.171. The van der Waals surface area contributed by atoms with Crippen LogP contribution in [0.3, 0.4) is 0 Å². The number of aliphatic carboxylic acids is 1. The molecule has 0 fully saturated rings. The van der Waals surface area contributed by atoms with E-state index < -0.39 is 33.0 Å². The van der Waals surface area contributed by atoms with E-state index in [-0.39, 0.29) is 5.04 Å². The summed E-state index contributed by atoms with van der Waals surface area (Å²) >= 11 is 0. The number of rotatable bonds is 4. The average Bonchev–Trinajstić information content (AvgIpc) is 1.96. The van der Waals surface area contributed by atoms with Crippen molar-refractivity contribution in [2.24, 2.45) is 0 Å². The van der Waals surface area contributed by atoms with Gasteiger partial charge < -0.3 is 9.53 Å². The molecule has 0 aromatic rings. The molecular formula is C10H19F3O3Si. The van der Waals surface area contributed by atoms with Gasteiger partial charge in [0.1, 0.15) is 0 Å². The molecule has 0 aromatic heterocycles. The Labute approximate surface area is 100 Å². The van der Waals surface area contributed by atoms with Gasteiger partial charge in [0, 0.05) is 0 Å². The van der Waals surface area contributed by atoms with Crippen molar-refractivity contribution < 1.29 is 27.5 Å². The smallest absolute Gasteiger partial charge is 0.392 e. The summed E-state index contributed by atoms with van der Waals surface area (Å²) in [4.78, 5) is 10.8. The second-order valence-corrected chi connectivity index (χ2v) is 10.3. The molecule has 102 valence electrons. The third-order valence-electron chi connectivity index (χ3n) is 2.94. The van der Waals surface area contributed by atoms with Crippen molar-refractivity contribution in [1.82, 2.24) is 0 Å². The highest BCUT2D eigenvalue weighted by atomic mass is 28.4. The monoisotopic (exact) mass is 272 g/mol. The molecule has 1 N–H and O–H groups in total. The van der Waals surface area contributed by atoms with Crippen LogP contribution < -0.4 is 0 Å². The van der Waals surface area contributed by atoms with Gasteiger partial charge in [-0.2, -0.15) is 13.2 Å². The van der Waals surface area contributed by atoms with E-state index in [1.807, 2.05) is 20.8 Å². The number of halogens is 3. The lowest BCUT2D eigenvalue weighted by Gasteiger charge is -2.38. The Hall–Kier alpha value is -0.563. The van der Waals surface area contributed by atoms with E-state index in [4.69, 9.17) is 9.53 Å². The zero-order chi connectivity index (χ0) is 14.1. The van der Waals surface area contributed by atoms with Crippen LogP contribution in [0.1, 0.15) is 27.2 Å². The summed E-state index contributed by atoms with van der Waals surface area (Å²) in [7, 11) is -2.51. The normalized spacial score (nSPS) is 15.8. The third kappa shape index (κ3) is 5.54. The molecule has 0 aliphatic heterocycles. The van der Waals surface area contributed by atoms with Crippen LogP contribution in [-0.2, 0) is 9.22 Å². The first kappa shape index (κ1) is 16.4. The number of carboxylic acid groups (broad SMARTS) is 1. The van der Waals surface area contributed by atoms with Crippen LogP contribution >= 0.6 is 0 Å². The minimum Gasteiger partial charge on any atom is -0.479 e. The van der Waals surface area contributed by atoms with E-state index in [0.29, 0.717) is 0 Å². The van der Waals surface area contributed by atoms with Gasteiger partial charge in [-0.05, 0) is 18.1 Å². The van der Waals surface area contributed by atoms with E-state index >= 15 is 0 Å². The van der Waals surface area contributed by atoms with E-state index in [1.165, 1.54) is 0 Å². The van der Waals surface area contributed by atoms with Gasteiger partial charge in [-0.15, -0.1) is 0 Å². The van der Waals surface area contributed by atoms with Gasteiger partial charge in [-0.3, -0.25) is 0 Å². The van der Waals surface area contributed by atoms with E-state index in [0.717, 1.165) is 0 Å². The van der Waals surface area contributed by atoms with Crippen LogP contribution in [0, 0.1) is 0 Å².